The van der Waals surface area contributed by atoms with Gasteiger partial charge < -0.3 is 5.11 Å². The summed E-state index contributed by atoms with van der Waals surface area (Å²) in [5.41, 5.74) is 2.10. The first-order valence-electron chi connectivity index (χ1n) is 6.22. The average molecular weight is 321 g/mol. The van der Waals surface area contributed by atoms with E-state index in [1.54, 1.807) is 30.3 Å². The Morgan fingerprint density at radius 2 is 2.00 bits per heavy atom. The van der Waals surface area contributed by atoms with Crippen LogP contribution in [0.5, 0.6) is 0 Å². The molecule has 1 aromatic heterocycles. The Kier molecular flexibility index (Phi) is 4.68. The van der Waals surface area contributed by atoms with Crippen LogP contribution < -0.4 is 4.72 Å². The van der Waals surface area contributed by atoms with Crippen molar-refractivity contribution in [2.24, 2.45) is 0 Å². The maximum absolute atomic E-state index is 12.2. The Bertz CT molecular complexity index is 811. The van der Waals surface area contributed by atoms with Crippen LogP contribution in [0.3, 0.4) is 0 Å². The van der Waals surface area contributed by atoms with Gasteiger partial charge in [0.2, 0.25) is 0 Å². The second-order valence-electron chi connectivity index (χ2n) is 4.46. The normalized spacial score (nSPS) is 10.8. The molecule has 0 amide bonds. The molecule has 0 aliphatic heterocycles. The Morgan fingerprint density at radius 3 is 2.57 bits per heavy atom. The number of thiophene rings is 1. The number of aliphatic hydroxyl groups is 1. The van der Waals surface area contributed by atoms with Crippen LogP contribution in [0.1, 0.15) is 16.0 Å². The maximum atomic E-state index is 12.2. The molecule has 2 aromatic rings. The predicted molar refractivity (Wildman–Crippen MR) is 85.0 cm³/mol. The van der Waals surface area contributed by atoms with Crippen molar-refractivity contribution < 1.29 is 13.5 Å². The Hall–Kier alpha value is -1.81. The van der Waals surface area contributed by atoms with E-state index in [2.05, 4.69) is 16.6 Å². The first-order valence-corrected chi connectivity index (χ1v) is 8.52. The third kappa shape index (κ3) is 3.85. The fourth-order valence-electron chi connectivity index (χ4n) is 1.76. The third-order valence-corrected chi connectivity index (χ3v) is 5.64. The molecule has 0 atom stereocenters. The Labute approximate surface area is 128 Å². The molecule has 1 heterocycles. The smallest absolute Gasteiger partial charge is 0.271 e. The van der Waals surface area contributed by atoms with Gasteiger partial charge in [0.25, 0.3) is 10.0 Å². The molecule has 0 aliphatic rings. The van der Waals surface area contributed by atoms with Crippen molar-refractivity contribution in [2.45, 2.75) is 18.1 Å². The number of nitrogens with one attached hydrogen (secondary N) is 1. The predicted octanol–water partition coefficient (Wildman–Crippen LogP) is 2.51. The number of rotatable bonds is 3. The zero-order valence-corrected chi connectivity index (χ0v) is 13.3. The topological polar surface area (TPSA) is 66.4 Å². The van der Waals surface area contributed by atoms with Crippen molar-refractivity contribution in [1.29, 1.82) is 0 Å². The van der Waals surface area contributed by atoms with Crippen LogP contribution in [-0.4, -0.2) is 20.1 Å². The van der Waals surface area contributed by atoms with E-state index in [4.69, 9.17) is 5.11 Å². The van der Waals surface area contributed by atoms with Crippen molar-refractivity contribution in [3.8, 4) is 11.8 Å². The lowest BCUT2D eigenvalue weighted by molar-refractivity contribution is 0.350. The van der Waals surface area contributed by atoms with Crippen LogP contribution in [-0.2, 0) is 10.0 Å². The quantitative estimate of drug-likeness (QED) is 0.854. The lowest BCUT2D eigenvalue weighted by Gasteiger charge is -2.08. The minimum absolute atomic E-state index is 0.203. The molecule has 21 heavy (non-hydrogen) atoms. The number of aryl methyl sites for hydroxylation is 2. The van der Waals surface area contributed by atoms with Gasteiger partial charge in [0.05, 0.1) is 0 Å². The first kappa shape index (κ1) is 15.6. The molecule has 0 radical (unpaired) electrons. The van der Waals surface area contributed by atoms with Crippen LogP contribution >= 0.6 is 11.3 Å². The van der Waals surface area contributed by atoms with Gasteiger partial charge in [-0.05, 0) is 49.7 Å². The molecule has 0 fully saturated rings. The summed E-state index contributed by atoms with van der Waals surface area (Å²) in [7, 11) is -3.55. The van der Waals surface area contributed by atoms with Gasteiger partial charge >= 0.3 is 0 Å². The number of benzene rings is 1. The minimum Gasteiger partial charge on any atom is -0.384 e. The Balaban J connectivity index is 2.26. The lowest BCUT2D eigenvalue weighted by atomic mass is 10.1. The molecule has 0 aliphatic carbocycles. The van der Waals surface area contributed by atoms with Crippen LogP contribution in [0.25, 0.3) is 0 Å². The largest absolute Gasteiger partial charge is 0.384 e. The summed E-state index contributed by atoms with van der Waals surface area (Å²) in [6.45, 7) is 3.50. The highest BCUT2D eigenvalue weighted by Crippen LogP contribution is 2.24. The monoisotopic (exact) mass is 321 g/mol. The van der Waals surface area contributed by atoms with E-state index in [1.807, 2.05) is 13.8 Å². The standard InChI is InChI=1S/C15H15NO3S2/c1-11-10-14(7-6-13(11)4-3-9-17)16-21(18,19)15-8-5-12(2)20-15/h5-8,10,16-17H,9H2,1-2H3. The van der Waals surface area contributed by atoms with E-state index >= 15 is 0 Å². The molecule has 4 nitrogen and oxygen atoms in total. The number of hydrogen-bond donors (Lipinski definition) is 2. The molecule has 2 rings (SSSR count). The van der Waals surface area contributed by atoms with Crippen LogP contribution in [0.15, 0.2) is 34.5 Å². The highest BCUT2D eigenvalue weighted by Gasteiger charge is 2.16. The summed E-state index contributed by atoms with van der Waals surface area (Å²) in [6.07, 6.45) is 0. The van der Waals surface area contributed by atoms with E-state index in [0.29, 0.717) is 9.90 Å². The minimum atomic E-state index is -3.55. The molecular weight excluding hydrogens is 306 g/mol. The van der Waals surface area contributed by atoms with Crippen molar-refractivity contribution in [1.82, 2.24) is 0 Å². The van der Waals surface area contributed by atoms with Gasteiger partial charge in [-0.25, -0.2) is 8.42 Å². The summed E-state index contributed by atoms with van der Waals surface area (Å²) in [6, 6.07) is 8.48. The van der Waals surface area contributed by atoms with Gasteiger partial charge in [0, 0.05) is 16.1 Å². The van der Waals surface area contributed by atoms with E-state index < -0.39 is 10.0 Å². The zero-order chi connectivity index (χ0) is 15.5. The summed E-state index contributed by atoms with van der Waals surface area (Å²) >= 11 is 1.23. The number of hydrogen-bond acceptors (Lipinski definition) is 4. The van der Waals surface area contributed by atoms with E-state index in [-0.39, 0.29) is 6.61 Å². The summed E-state index contributed by atoms with van der Waals surface area (Å²) < 4.78 is 27.3. The van der Waals surface area contributed by atoms with Crippen LogP contribution in [0.2, 0.25) is 0 Å². The first-order chi connectivity index (χ1) is 9.92. The third-order valence-electron chi connectivity index (χ3n) is 2.76. The molecule has 110 valence electrons. The number of sulfonamides is 1. The molecule has 0 unspecified atom stereocenters. The van der Waals surface area contributed by atoms with Crippen molar-refractivity contribution in [3.63, 3.8) is 0 Å². The van der Waals surface area contributed by atoms with Gasteiger partial charge in [-0.15, -0.1) is 11.3 Å². The fourth-order valence-corrected chi connectivity index (χ4v) is 4.10. The SMILES string of the molecule is Cc1ccc(S(=O)(=O)Nc2ccc(C#CCO)c(C)c2)s1. The van der Waals surface area contributed by atoms with Gasteiger partial charge in [-0.1, -0.05) is 11.8 Å². The Morgan fingerprint density at radius 1 is 1.24 bits per heavy atom. The summed E-state index contributed by atoms with van der Waals surface area (Å²) in [4.78, 5) is 0.946. The van der Waals surface area contributed by atoms with Crippen LogP contribution in [0, 0.1) is 25.7 Å². The maximum Gasteiger partial charge on any atom is 0.271 e. The molecule has 0 spiro atoms. The highest BCUT2D eigenvalue weighted by molar-refractivity contribution is 7.94. The summed E-state index contributed by atoms with van der Waals surface area (Å²) in [5.74, 6) is 5.38. The van der Waals surface area contributed by atoms with Gasteiger partial charge in [-0.3, -0.25) is 4.72 Å². The number of anilines is 1. The van der Waals surface area contributed by atoms with Crippen molar-refractivity contribution in [3.05, 3.63) is 46.3 Å². The zero-order valence-electron chi connectivity index (χ0n) is 11.7. The molecule has 6 heteroatoms. The van der Waals surface area contributed by atoms with E-state index in [0.717, 1.165) is 16.0 Å². The number of aliphatic hydroxyl groups excluding tert-OH is 1. The van der Waals surface area contributed by atoms with Gasteiger partial charge in [-0.2, -0.15) is 0 Å². The molecule has 0 saturated carbocycles. The second kappa shape index (κ2) is 6.31. The summed E-state index contributed by atoms with van der Waals surface area (Å²) in [5, 5.41) is 8.69. The highest BCUT2D eigenvalue weighted by atomic mass is 32.2. The van der Waals surface area contributed by atoms with E-state index in [9.17, 15) is 8.42 Å². The van der Waals surface area contributed by atoms with Gasteiger partial charge in [0.15, 0.2) is 0 Å². The second-order valence-corrected chi connectivity index (χ2v) is 7.66. The van der Waals surface area contributed by atoms with Crippen LogP contribution in [0.4, 0.5) is 5.69 Å². The van der Waals surface area contributed by atoms with Crippen molar-refractivity contribution >= 4 is 27.0 Å². The molecule has 0 saturated heterocycles. The molecule has 1 aromatic carbocycles. The lowest BCUT2D eigenvalue weighted by Crippen LogP contribution is -2.11. The fraction of sp³-hybridized carbons (Fsp3) is 0.200. The van der Waals surface area contributed by atoms with Gasteiger partial charge in [0.1, 0.15) is 10.8 Å². The van der Waals surface area contributed by atoms with E-state index in [1.165, 1.54) is 11.3 Å². The molecule has 0 bridgehead atoms. The molecular formula is C15H15NO3S2. The molecule has 2 N–H and O–H groups in total. The average Bonchev–Trinajstić information content (AvgIpc) is 2.85. The van der Waals surface area contributed by atoms with Crippen molar-refractivity contribution in [2.75, 3.05) is 11.3 Å².